The van der Waals surface area contributed by atoms with E-state index in [1.807, 2.05) is 68.4 Å². The lowest BCUT2D eigenvalue weighted by Crippen LogP contribution is -2.55. The maximum atomic E-state index is 14.8. The van der Waals surface area contributed by atoms with E-state index >= 15 is 0 Å². The normalized spacial score (nSPS) is 14.1. The van der Waals surface area contributed by atoms with Gasteiger partial charge in [-0.05, 0) is 91.9 Å². The number of anilines is 1. The van der Waals surface area contributed by atoms with Crippen LogP contribution >= 0.6 is 11.6 Å². The van der Waals surface area contributed by atoms with Crippen LogP contribution in [0.5, 0.6) is 5.75 Å². The summed E-state index contributed by atoms with van der Waals surface area (Å²) in [4.78, 5) is 30.6. The molecule has 1 aliphatic rings. The van der Waals surface area contributed by atoms with Crippen LogP contribution in [0.2, 0.25) is 5.02 Å². The zero-order valence-electron chi connectivity index (χ0n) is 28.1. The van der Waals surface area contributed by atoms with Crippen LogP contribution in [0.3, 0.4) is 0 Å². The minimum absolute atomic E-state index is 0.0140. The van der Waals surface area contributed by atoms with E-state index in [-0.39, 0.29) is 35.5 Å². The third-order valence-corrected chi connectivity index (χ3v) is 11.0. The minimum Gasteiger partial charge on any atom is -0.494 e. The first-order valence-electron chi connectivity index (χ1n) is 16.8. The molecule has 0 spiro atoms. The molecular formula is C39H44ClN3O5S. The molecule has 1 saturated carbocycles. The second-order valence-corrected chi connectivity index (χ2v) is 14.7. The highest BCUT2D eigenvalue weighted by molar-refractivity contribution is 7.92. The summed E-state index contributed by atoms with van der Waals surface area (Å²) in [5.74, 6) is -0.176. The van der Waals surface area contributed by atoms with E-state index in [1.54, 1.807) is 29.2 Å². The highest BCUT2D eigenvalue weighted by Crippen LogP contribution is 2.28. The van der Waals surface area contributed by atoms with Crippen LogP contribution in [0.4, 0.5) is 5.69 Å². The maximum Gasteiger partial charge on any atom is 0.264 e. The standard InChI is InChI=1S/C39H44ClN3O5S/c1-3-48-35-22-20-34(21-23-35)43(49(46,47)36-24-18-32(40)19-25-36)28-38(44)42(27-31-15-11-10-12-29(31)2)37(26-30-13-6-4-7-14-30)39(45)41-33-16-8-5-9-17-33/h4,6-7,10-15,18-25,33,37H,3,5,8-9,16-17,26-28H2,1-2H3,(H,41,45). The van der Waals surface area contributed by atoms with Crippen LogP contribution in [0.1, 0.15) is 55.7 Å². The SMILES string of the molecule is CCOc1ccc(N(CC(=O)N(Cc2ccccc2C)C(Cc2ccccc2)C(=O)NC2CCCCC2)S(=O)(=O)c2ccc(Cl)cc2)cc1. The minimum atomic E-state index is -4.25. The summed E-state index contributed by atoms with van der Waals surface area (Å²) >= 11 is 6.10. The topological polar surface area (TPSA) is 96.0 Å². The number of aryl methyl sites for hydroxylation is 1. The molecule has 1 aliphatic carbocycles. The molecule has 1 atom stereocenters. The summed E-state index contributed by atoms with van der Waals surface area (Å²) in [6.45, 7) is 3.86. The van der Waals surface area contributed by atoms with E-state index in [9.17, 15) is 18.0 Å². The van der Waals surface area contributed by atoms with Crippen molar-refractivity contribution < 1.29 is 22.7 Å². The number of halogens is 1. The number of amides is 2. The number of carbonyl (C=O) groups is 2. The van der Waals surface area contributed by atoms with Gasteiger partial charge in [-0.2, -0.15) is 0 Å². The molecule has 5 rings (SSSR count). The fourth-order valence-corrected chi connectivity index (χ4v) is 7.75. The largest absolute Gasteiger partial charge is 0.494 e. The number of benzene rings is 4. The maximum absolute atomic E-state index is 14.8. The Morgan fingerprint density at radius 3 is 2.18 bits per heavy atom. The first kappa shape index (κ1) is 36.0. The molecule has 0 bridgehead atoms. The van der Waals surface area contributed by atoms with Crippen molar-refractivity contribution in [3.05, 3.63) is 125 Å². The van der Waals surface area contributed by atoms with Gasteiger partial charge >= 0.3 is 0 Å². The van der Waals surface area contributed by atoms with E-state index in [0.29, 0.717) is 17.4 Å². The number of ether oxygens (including phenoxy) is 1. The summed E-state index contributed by atoms with van der Waals surface area (Å²) in [6.07, 6.45) is 5.27. The highest BCUT2D eigenvalue weighted by Gasteiger charge is 2.35. The van der Waals surface area contributed by atoms with Crippen molar-refractivity contribution in [3.63, 3.8) is 0 Å². The summed E-state index contributed by atoms with van der Waals surface area (Å²) in [6, 6.07) is 28.9. The van der Waals surface area contributed by atoms with Crippen molar-refractivity contribution in [2.45, 2.75) is 75.9 Å². The van der Waals surface area contributed by atoms with Crippen LogP contribution in [-0.2, 0) is 32.6 Å². The van der Waals surface area contributed by atoms with Crippen molar-refractivity contribution in [2.75, 3.05) is 17.5 Å². The van der Waals surface area contributed by atoms with Gasteiger partial charge in [0.05, 0.1) is 17.2 Å². The van der Waals surface area contributed by atoms with Gasteiger partial charge < -0.3 is 15.0 Å². The molecule has 4 aromatic rings. The Morgan fingerprint density at radius 1 is 0.878 bits per heavy atom. The highest BCUT2D eigenvalue weighted by atomic mass is 35.5. The molecule has 10 heteroatoms. The number of hydrogen-bond acceptors (Lipinski definition) is 5. The zero-order valence-corrected chi connectivity index (χ0v) is 29.6. The lowest BCUT2D eigenvalue weighted by Gasteiger charge is -2.35. The van der Waals surface area contributed by atoms with Gasteiger partial charge in [0.1, 0.15) is 18.3 Å². The van der Waals surface area contributed by atoms with E-state index < -0.39 is 28.5 Å². The summed E-state index contributed by atoms with van der Waals surface area (Å²) < 4.78 is 35.3. The van der Waals surface area contributed by atoms with Crippen molar-refractivity contribution in [3.8, 4) is 5.75 Å². The lowest BCUT2D eigenvalue weighted by atomic mass is 9.94. The zero-order chi connectivity index (χ0) is 34.8. The molecule has 0 aliphatic heterocycles. The summed E-state index contributed by atoms with van der Waals surface area (Å²) in [7, 11) is -4.25. The number of carbonyl (C=O) groups excluding carboxylic acids is 2. The molecule has 258 valence electrons. The molecular weight excluding hydrogens is 658 g/mol. The quantitative estimate of drug-likeness (QED) is 0.149. The van der Waals surface area contributed by atoms with Gasteiger partial charge in [-0.25, -0.2) is 8.42 Å². The van der Waals surface area contributed by atoms with Gasteiger partial charge in [0.2, 0.25) is 11.8 Å². The molecule has 1 unspecified atom stereocenters. The molecule has 2 amide bonds. The average molecular weight is 702 g/mol. The molecule has 1 fully saturated rings. The van der Waals surface area contributed by atoms with Crippen molar-refractivity contribution in [1.29, 1.82) is 0 Å². The van der Waals surface area contributed by atoms with Crippen LogP contribution in [0.25, 0.3) is 0 Å². The van der Waals surface area contributed by atoms with Gasteiger partial charge in [0.25, 0.3) is 10.0 Å². The smallest absolute Gasteiger partial charge is 0.264 e. The third-order valence-electron chi connectivity index (χ3n) is 8.94. The van der Waals surface area contributed by atoms with Gasteiger partial charge in [0, 0.05) is 24.0 Å². The molecule has 0 aromatic heterocycles. The van der Waals surface area contributed by atoms with E-state index in [2.05, 4.69) is 5.32 Å². The third kappa shape index (κ3) is 9.43. The molecule has 0 saturated heterocycles. The van der Waals surface area contributed by atoms with E-state index in [4.69, 9.17) is 16.3 Å². The Morgan fingerprint density at radius 2 is 1.53 bits per heavy atom. The molecule has 0 heterocycles. The van der Waals surface area contributed by atoms with E-state index in [0.717, 1.165) is 53.1 Å². The Hall–Kier alpha value is -4.34. The molecule has 8 nitrogen and oxygen atoms in total. The molecule has 4 aromatic carbocycles. The first-order valence-corrected chi connectivity index (χ1v) is 18.7. The fraction of sp³-hybridized carbons (Fsp3) is 0.333. The van der Waals surface area contributed by atoms with Crippen LogP contribution in [-0.4, -0.2) is 50.4 Å². The summed E-state index contributed by atoms with van der Waals surface area (Å²) in [5.41, 5.74) is 3.01. The number of nitrogens with zero attached hydrogens (tertiary/aromatic N) is 2. The van der Waals surface area contributed by atoms with Gasteiger partial charge in [-0.1, -0.05) is 85.5 Å². The number of sulfonamides is 1. The van der Waals surface area contributed by atoms with Crippen molar-refractivity contribution in [2.24, 2.45) is 0 Å². The Labute approximate surface area is 295 Å². The van der Waals surface area contributed by atoms with Crippen molar-refractivity contribution >= 4 is 39.1 Å². The predicted octanol–water partition coefficient (Wildman–Crippen LogP) is 7.33. The Bertz CT molecular complexity index is 1790. The molecule has 1 N–H and O–H groups in total. The lowest BCUT2D eigenvalue weighted by molar-refractivity contribution is -0.140. The van der Waals surface area contributed by atoms with Crippen LogP contribution in [0, 0.1) is 6.92 Å². The van der Waals surface area contributed by atoms with Gasteiger partial charge in [-0.3, -0.25) is 13.9 Å². The van der Waals surface area contributed by atoms with E-state index in [1.165, 1.54) is 24.3 Å². The molecule has 49 heavy (non-hydrogen) atoms. The summed E-state index contributed by atoms with van der Waals surface area (Å²) in [5, 5.41) is 3.64. The predicted molar refractivity (Wildman–Crippen MR) is 194 cm³/mol. The average Bonchev–Trinajstić information content (AvgIpc) is 3.11. The van der Waals surface area contributed by atoms with Gasteiger partial charge in [-0.15, -0.1) is 0 Å². The number of rotatable bonds is 14. The second kappa shape index (κ2) is 16.9. The Balaban J connectivity index is 1.57. The first-order chi connectivity index (χ1) is 23.7. The monoisotopic (exact) mass is 701 g/mol. The fourth-order valence-electron chi connectivity index (χ4n) is 6.21. The van der Waals surface area contributed by atoms with Crippen LogP contribution < -0.4 is 14.4 Å². The van der Waals surface area contributed by atoms with Gasteiger partial charge in [0.15, 0.2) is 0 Å². The van der Waals surface area contributed by atoms with Crippen molar-refractivity contribution in [1.82, 2.24) is 10.2 Å². The number of hydrogen-bond donors (Lipinski definition) is 1. The second-order valence-electron chi connectivity index (χ2n) is 12.4. The Kier molecular flexibility index (Phi) is 12.4. The van der Waals surface area contributed by atoms with Crippen LogP contribution in [0.15, 0.2) is 108 Å². The number of nitrogens with one attached hydrogen (secondary N) is 1. The molecule has 0 radical (unpaired) electrons.